The summed E-state index contributed by atoms with van der Waals surface area (Å²) in [7, 11) is 0. The fraction of sp³-hybridized carbons (Fsp3) is 0.600. The van der Waals surface area contributed by atoms with Gasteiger partial charge >= 0.3 is 0 Å². The summed E-state index contributed by atoms with van der Waals surface area (Å²) < 4.78 is 0. The number of hydrogen-bond donors (Lipinski definition) is 1. The normalized spacial score (nSPS) is 6.06. The molecule has 0 aliphatic carbocycles. The van der Waals surface area contributed by atoms with Gasteiger partial charge in [0.1, 0.15) is 0 Å². The van der Waals surface area contributed by atoms with E-state index in [1.54, 1.807) is 0 Å². The first-order valence-electron chi connectivity index (χ1n) is 6.61. The molecule has 1 heteroatoms. The van der Waals surface area contributed by atoms with Crippen LogP contribution in [0.3, 0.4) is 0 Å². The first kappa shape index (κ1) is 24.3. The fourth-order valence-electron chi connectivity index (χ4n) is 0.566. The van der Waals surface area contributed by atoms with Gasteiger partial charge in [0, 0.05) is 5.69 Å². The highest BCUT2D eigenvalue weighted by Gasteiger charge is 1.80. The number of aryl methyl sites for hydroxylation is 1. The van der Waals surface area contributed by atoms with Gasteiger partial charge in [-0.1, -0.05) is 73.1 Å². The first-order chi connectivity index (χ1) is 7.79. The summed E-state index contributed by atoms with van der Waals surface area (Å²) in [5.41, 5.74) is 7.51. The number of hydrogen-bond acceptors (Lipinski definition) is 1. The minimum absolute atomic E-state index is 0.829. The van der Waals surface area contributed by atoms with E-state index in [0.29, 0.717) is 0 Å². The van der Waals surface area contributed by atoms with Crippen molar-refractivity contribution in [1.82, 2.24) is 0 Å². The molecule has 1 nitrogen and oxygen atoms in total. The molecule has 16 heavy (non-hydrogen) atoms. The van der Waals surface area contributed by atoms with Gasteiger partial charge in [0.25, 0.3) is 0 Å². The molecule has 1 rings (SSSR count). The number of anilines is 1. The van der Waals surface area contributed by atoms with Crippen LogP contribution in [-0.4, -0.2) is 0 Å². The summed E-state index contributed by atoms with van der Waals surface area (Å²) in [6.45, 7) is 18.0. The van der Waals surface area contributed by atoms with Crippen LogP contribution in [0.1, 0.15) is 61.0 Å². The highest BCUT2D eigenvalue weighted by molar-refractivity contribution is 5.38. The van der Waals surface area contributed by atoms with Crippen LogP contribution in [0, 0.1) is 6.92 Å². The Hall–Kier alpha value is -0.980. The molecule has 0 saturated carbocycles. The molecular formula is C15H33N. The molecular weight excluding hydrogens is 194 g/mol. The van der Waals surface area contributed by atoms with Crippen molar-refractivity contribution in [2.75, 3.05) is 5.73 Å². The molecule has 98 valence electrons. The second-order valence-electron chi connectivity index (χ2n) is 1.91. The standard InChI is InChI=1S/C7H9N.4C2H6/c1-6-2-4-7(8)5-3-6;4*1-2/h2-5H,8H2,1H3;4*1-2H3. The lowest BCUT2D eigenvalue weighted by atomic mass is 10.2. The summed E-state index contributed by atoms with van der Waals surface area (Å²) in [5, 5.41) is 0. The Bertz CT molecular complexity index is 144. The lowest BCUT2D eigenvalue weighted by molar-refractivity contribution is 1.47. The molecule has 0 fully saturated rings. The summed E-state index contributed by atoms with van der Waals surface area (Å²) in [6, 6.07) is 7.79. The second-order valence-corrected chi connectivity index (χ2v) is 1.91. The average molecular weight is 227 g/mol. The van der Waals surface area contributed by atoms with Gasteiger partial charge in [-0.05, 0) is 19.1 Å². The maximum absolute atomic E-state index is 5.43. The van der Waals surface area contributed by atoms with E-state index in [-0.39, 0.29) is 0 Å². The van der Waals surface area contributed by atoms with Crippen LogP contribution in [-0.2, 0) is 0 Å². The molecule has 0 heterocycles. The van der Waals surface area contributed by atoms with Crippen molar-refractivity contribution in [3.63, 3.8) is 0 Å². The van der Waals surface area contributed by atoms with Crippen LogP contribution in [0.2, 0.25) is 0 Å². The van der Waals surface area contributed by atoms with E-state index >= 15 is 0 Å². The quantitative estimate of drug-likeness (QED) is 0.567. The van der Waals surface area contributed by atoms with Gasteiger partial charge < -0.3 is 5.73 Å². The van der Waals surface area contributed by atoms with E-state index in [4.69, 9.17) is 5.73 Å². The number of nitrogens with two attached hydrogens (primary N) is 1. The van der Waals surface area contributed by atoms with Gasteiger partial charge in [0.15, 0.2) is 0 Å². The lowest BCUT2D eigenvalue weighted by Gasteiger charge is -1.90. The molecule has 0 saturated heterocycles. The van der Waals surface area contributed by atoms with E-state index in [2.05, 4.69) is 0 Å². The van der Waals surface area contributed by atoms with Gasteiger partial charge in [0.05, 0.1) is 0 Å². The van der Waals surface area contributed by atoms with Crippen molar-refractivity contribution in [1.29, 1.82) is 0 Å². The van der Waals surface area contributed by atoms with Crippen LogP contribution in [0.5, 0.6) is 0 Å². The second kappa shape index (κ2) is 29.2. The largest absolute Gasteiger partial charge is 0.399 e. The van der Waals surface area contributed by atoms with Crippen molar-refractivity contribution in [2.45, 2.75) is 62.3 Å². The van der Waals surface area contributed by atoms with Crippen LogP contribution in [0.25, 0.3) is 0 Å². The number of benzene rings is 1. The van der Waals surface area contributed by atoms with Crippen molar-refractivity contribution in [3.05, 3.63) is 29.8 Å². The Morgan fingerprint density at radius 2 is 0.875 bits per heavy atom. The maximum Gasteiger partial charge on any atom is 0.0314 e. The lowest BCUT2D eigenvalue weighted by Crippen LogP contribution is -1.81. The van der Waals surface area contributed by atoms with Crippen LogP contribution >= 0.6 is 0 Å². The van der Waals surface area contributed by atoms with Crippen LogP contribution < -0.4 is 5.73 Å². The minimum Gasteiger partial charge on any atom is -0.399 e. The Morgan fingerprint density at radius 3 is 1.06 bits per heavy atom. The summed E-state index contributed by atoms with van der Waals surface area (Å²) >= 11 is 0. The Balaban J connectivity index is -0.0000000771. The maximum atomic E-state index is 5.43. The molecule has 0 radical (unpaired) electrons. The molecule has 1 aromatic rings. The highest BCUT2D eigenvalue weighted by atomic mass is 14.5. The molecule has 1 aromatic carbocycles. The Kier molecular flexibility index (Phi) is 44.4. The average Bonchev–Trinajstić information content (AvgIpc) is 2.42. The molecule has 0 bridgehead atoms. The van der Waals surface area contributed by atoms with Gasteiger partial charge in [-0.15, -0.1) is 0 Å². The van der Waals surface area contributed by atoms with E-state index in [9.17, 15) is 0 Å². The van der Waals surface area contributed by atoms with Gasteiger partial charge in [0.2, 0.25) is 0 Å². The van der Waals surface area contributed by atoms with Gasteiger partial charge in [-0.25, -0.2) is 0 Å². The molecule has 0 atom stereocenters. The number of rotatable bonds is 0. The van der Waals surface area contributed by atoms with Crippen molar-refractivity contribution in [2.24, 2.45) is 0 Å². The predicted octanol–water partition coefficient (Wildman–Crippen LogP) is 5.68. The third kappa shape index (κ3) is 23.1. The molecule has 0 spiro atoms. The Morgan fingerprint density at radius 1 is 0.625 bits per heavy atom. The number of nitrogen functional groups attached to an aromatic ring is 1. The van der Waals surface area contributed by atoms with Gasteiger partial charge in [-0.3, -0.25) is 0 Å². The van der Waals surface area contributed by atoms with E-state index in [1.807, 2.05) is 86.6 Å². The smallest absolute Gasteiger partial charge is 0.0314 e. The third-order valence-corrected chi connectivity index (χ3v) is 1.08. The molecule has 0 aromatic heterocycles. The summed E-state index contributed by atoms with van der Waals surface area (Å²) in [6.07, 6.45) is 0. The van der Waals surface area contributed by atoms with Gasteiger partial charge in [-0.2, -0.15) is 0 Å². The van der Waals surface area contributed by atoms with Crippen molar-refractivity contribution >= 4 is 5.69 Å². The van der Waals surface area contributed by atoms with Crippen LogP contribution in [0.4, 0.5) is 5.69 Å². The Labute approximate surface area is 104 Å². The van der Waals surface area contributed by atoms with E-state index < -0.39 is 0 Å². The zero-order valence-corrected chi connectivity index (χ0v) is 12.9. The summed E-state index contributed by atoms with van der Waals surface area (Å²) in [4.78, 5) is 0. The third-order valence-electron chi connectivity index (χ3n) is 1.08. The molecule has 2 N–H and O–H groups in total. The monoisotopic (exact) mass is 227 g/mol. The summed E-state index contributed by atoms with van der Waals surface area (Å²) in [5.74, 6) is 0. The van der Waals surface area contributed by atoms with Crippen LogP contribution in [0.15, 0.2) is 24.3 Å². The predicted molar refractivity (Wildman–Crippen MR) is 81.0 cm³/mol. The van der Waals surface area contributed by atoms with Crippen molar-refractivity contribution < 1.29 is 0 Å². The zero-order valence-electron chi connectivity index (χ0n) is 12.9. The highest BCUT2D eigenvalue weighted by Crippen LogP contribution is 2.02. The zero-order chi connectivity index (χ0) is 14.0. The fourth-order valence-corrected chi connectivity index (χ4v) is 0.566. The van der Waals surface area contributed by atoms with Crippen molar-refractivity contribution in [3.8, 4) is 0 Å². The topological polar surface area (TPSA) is 26.0 Å². The molecule has 0 amide bonds. The SMILES string of the molecule is CC.CC.CC.CC.Cc1ccc(N)cc1. The molecule has 0 unspecified atom stereocenters. The minimum atomic E-state index is 0.829. The molecule has 0 aliphatic rings. The van der Waals surface area contributed by atoms with E-state index in [0.717, 1.165) is 5.69 Å². The first-order valence-corrected chi connectivity index (χ1v) is 6.61. The van der Waals surface area contributed by atoms with E-state index in [1.165, 1.54) is 5.56 Å². The molecule has 0 aliphatic heterocycles.